The van der Waals surface area contributed by atoms with Gasteiger partial charge in [0.05, 0.1) is 31.5 Å². The smallest absolute Gasteiger partial charge is 0.337 e. The summed E-state index contributed by atoms with van der Waals surface area (Å²) in [5.74, 6) is -1.03. The first-order valence-corrected chi connectivity index (χ1v) is 6.14. The van der Waals surface area contributed by atoms with E-state index in [4.69, 9.17) is 20.3 Å². The number of anilines is 2. The van der Waals surface area contributed by atoms with Crippen molar-refractivity contribution in [3.63, 3.8) is 0 Å². The Bertz CT molecular complexity index is 470. The Morgan fingerprint density at radius 2 is 2.32 bits per heavy atom. The SMILES string of the molecule is Cc1cc(NCC2COCCO2)cc(C(=O)O)c1N. The fourth-order valence-corrected chi connectivity index (χ4v) is 1.96. The second-order valence-electron chi connectivity index (χ2n) is 4.51. The molecule has 1 unspecified atom stereocenters. The fraction of sp³-hybridized carbons (Fsp3) is 0.462. The van der Waals surface area contributed by atoms with Crippen LogP contribution >= 0.6 is 0 Å². The highest BCUT2D eigenvalue weighted by Crippen LogP contribution is 2.23. The molecular weight excluding hydrogens is 248 g/mol. The number of benzene rings is 1. The van der Waals surface area contributed by atoms with E-state index in [0.29, 0.717) is 32.1 Å². The van der Waals surface area contributed by atoms with E-state index in [1.807, 2.05) is 6.07 Å². The van der Waals surface area contributed by atoms with Crippen molar-refractivity contribution in [3.05, 3.63) is 23.3 Å². The second kappa shape index (κ2) is 5.90. The molecule has 0 spiro atoms. The van der Waals surface area contributed by atoms with E-state index in [9.17, 15) is 4.79 Å². The monoisotopic (exact) mass is 266 g/mol. The minimum atomic E-state index is -1.03. The average molecular weight is 266 g/mol. The maximum Gasteiger partial charge on any atom is 0.337 e. The molecule has 0 amide bonds. The Kier molecular flexibility index (Phi) is 4.24. The molecule has 1 heterocycles. The molecule has 6 heteroatoms. The summed E-state index contributed by atoms with van der Waals surface area (Å²) in [6, 6.07) is 3.36. The van der Waals surface area contributed by atoms with Crippen LogP contribution in [-0.2, 0) is 9.47 Å². The van der Waals surface area contributed by atoms with E-state index in [1.54, 1.807) is 6.92 Å². The van der Waals surface area contributed by atoms with Gasteiger partial charge in [0, 0.05) is 17.9 Å². The van der Waals surface area contributed by atoms with Gasteiger partial charge in [-0.15, -0.1) is 0 Å². The van der Waals surface area contributed by atoms with E-state index in [2.05, 4.69) is 5.32 Å². The number of aromatic carboxylic acids is 1. The molecule has 1 aromatic carbocycles. The molecule has 4 N–H and O–H groups in total. The molecule has 2 rings (SSSR count). The number of ether oxygens (including phenoxy) is 2. The molecule has 104 valence electrons. The van der Waals surface area contributed by atoms with Gasteiger partial charge in [-0.05, 0) is 24.6 Å². The number of nitrogens with two attached hydrogens (primary N) is 1. The first kappa shape index (κ1) is 13.6. The molecule has 19 heavy (non-hydrogen) atoms. The zero-order valence-electron chi connectivity index (χ0n) is 10.8. The van der Waals surface area contributed by atoms with Crippen molar-refractivity contribution < 1.29 is 19.4 Å². The molecule has 6 nitrogen and oxygen atoms in total. The summed E-state index contributed by atoms with van der Waals surface area (Å²) in [7, 11) is 0. The van der Waals surface area contributed by atoms with Crippen LogP contribution in [0.3, 0.4) is 0 Å². The number of nitrogen functional groups attached to an aromatic ring is 1. The molecule has 0 aromatic heterocycles. The summed E-state index contributed by atoms with van der Waals surface area (Å²) in [4.78, 5) is 11.1. The van der Waals surface area contributed by atoms with Gasteiger partial charge in [0.25, 0.3) is 0 Å². The number of nitrogens with one attached hydrogen (secondary N) is 1. The van der Waals surface area contributed by atoms with Crippen molar-refractivity contribution in [2.24, 2.45) is 0 Å². The lowest BCUT2D eigenvalue weighted by Gasteiger charge is -2.23. The number of carboxylic acid groups (broad SMARTS) is 1. The molecule has 1 aliphatic heterocycles. The first-order valence-electron chi connectivity index (χ1n) is 6.14. The topological polar surface area (TPSA) is 93.8 Å². The third-order valence-electron chi connectivity index (χ3n) is 3.04. The van der Waals surface area contributed by atoms with Gasteiger partial charge in [0.2, 0.25) is 0 Å². The standard InChI is InChI=1S/C13H18N2O4/c1-8-4-9(5-11(12(8)14)13(16)17)15-6-10-7-18-2-3-19-10/h4-5,10,15H,2-3,6-7,14H2,1H3,(H,16,17). The Morgan fingerprint density at radius 3 is 2.95 bits per heavy atom. The normalized spacial score (nSPS) is 19.1. The third-order valence-corrected chi connectivity index (χ3v) is 3.04. The van der Waals surface area contributed by atoms with Crippen molar-refractivity contribution in [1.82, 2.24) is 0 Å². The summed E-state index contributed by atoms with van der Waals surface area (Å²) in [6.45, 7) is 4.12. The van der Waals surface area contributed by atoms with Crippen LogP contribution in [0.25, 0.3) is 0 Å². The molecule has 1 fully saturated rings. The summed E-state index contributed by atoms with van der Waals surface area (Å²) in [5.41, 5.74) is 7.61. The minimum absolute atomic E-state index is 0.0140. The van der Waals surface area contributed by atoms with Gasteiger partial charge in [0.15, 0.2) is 0 Å². The van der Waals surface area contributed by atoms with Gasteiger partial charge >= 0.3 is 5.97 Å². The summed E-state index contributed by atoms with van der Waals surface area (Å²) in [6.07, 6.45) is -0.0140. The largest absolute Gasteiger partial charge is 0.478 e. The van der Waals surface area contributed by atoms with Crippen LogP contribution in [0.2, 0.25) is 0 Å². The predicted molar refractivity (Wildman–Crippen MR) is 71.6 cm³/mol. The van der Waals surface area contributed by atoms with Crippen LogP contribution in [0.5, 0.6) is 0 Å². The number of aryl methyl sites for hydroxylation is 1. The molecule has 1 saturated heterocycles. The molecule has 1 aromatic rings. The Morgan fingerprint density at radius 1 is 1.53 bits per heavy atom. The van der Waals surface area contributed by atoms with Crippen molar-refractivity contribution in [2.75, 3.05) is 37.4 Å². The van der Waals surface area contributed by atoms with Crippen molar-refractivity contribution in [3.8, 4) is 0 Å². The summed E-state index contributed by atoms with van der Waals surface area (Å²) < 4.78 is 10.8. The van der Waals surface area contributed by atoms with Crippen LogP contribution in [0, 0.1) is 6.92 Å². The van der Waals surface area contributed by atoms with E-state index in [0.717, 1.165) is 11.3 Å². The average Bonchev–Trinajstić information content (AvgIpc) is 2.41. The van der Waals surface area contributed by atoms with E-state index in [-0.39, 0.29) is 11.7 Å². The first-order chi connectivity index (χ1) is 9.08. The summed E-state index contributed by atoms with van der Waals surface area (Å²) >= 11 is 0. The molecule has 0 radical (unpaired) electrons. The van der Waals surface area contributed by atoms with Gasteiger partial charge in [-0.1, -0.05) is 0 Å². The zero-order chi connectivity index (χ0) is 13.8. The van der Waals surface area contributed by atoms with Gasteiger partial charge in [-0.2, -0.15) is 0 Å². The number of hydrogen-bond acceptors (Lipinski definition) is 5. The maximum atomic E-state index is 11.1. The van der Waals surface area contributed by atoms with E-state index >= 15 is 0 Å². The van der Waals surface area contributed by atoms with Crippen LogP contribution in [0.15, 0.2) is 12.1 Å². The molecule has 0 saturated carbocycles. The molecule has 1 atom stereocenters. The quantitative estimate of drug-likeness (QED) is 0.707. The van der Waals surface area contributed by atoms with Gasteiger partial charge in [0.1, 0.15) is 0 Å². The van der Waals surface area contributed by atoms with Gasteiger partial charge in [-0.25, -0.2) is 4.79 Å². The highest BCUT2D eigenvalue weighted by Gasteiger charge is 2.15. The number of rotatable bonds is 4. The van der Waals surface area contributed by atoms with Crippen molar-refractivity contribution >= 4 is 17.3 Å². The van der Waals surface area contributed by atoms with Crippen LogP contribution in [-0.4, -0.2) is 43.5 Å². The van der Waals surface area contributed by atoms with Crippen molar-refractivity contribution in [2.45, 2.75) is 13.0 Å². The number of hydrogen-bond donors (Lipinski definition) is 3. The maximum absolute atomic E-state index is 11.1. The molecule has 0 aliphatic carbocycles. The lowest BCUT2D eigenvalue weighted by molar-refractivity contribution is -0.0818. The lowest BCUT2D eigenvalue weighted by Crippen LogP contribution is -2.34. The third kappa shape index (κ3) is 3.36. The highest BCUT2D eigenvalue weighted by molar-refractivity contribution is 5.95. The molecule has 1 aliphatic rings. The highest BCUT2D eigenvalue weighted by atomic mass is 16.6. The Hall–Kier alpha value is -1.79. The van der Waals surface area contributed by atoms with E-state index < -0.39 is 5.97 Å². The van der Waals surface area contributed by atoms with Crippen LogP contribution in [0.1, 0.15) is 15.9 Å². The number of carbonyl (C=O) groups is 1. The van der Waals surface area contributed by atoms with Gasteiger partial charge < -0.3 is 25.6 Å². The Labute approximate surface area is 111 Å². The Balaban J connectivity index is 2.05. The van der Waals surface area contributed by atoms with Gasteiger partial charge in [-0.3, -0.25) is 0 Å². The lowest BCUT2D eigenvalue weighted by atomic mass is 10.1. The zero-order valence-corrected chi connectivity index (χ0v) is 10.8. The number of carboxylic acids is 1. The van der Waals surface area contributed by atoms with Crippen LogP contribution < -0.4 is 11.1 Å². The second-order valence-corrected chi connectivity index (χ2v) is 4.51. The molecular formula is C13H18N2O4. The van der Waals surface area contributed by atoms with Crippen LogP contribution in [0.4, 0.5) is 11.4 Å². The fourth-order valence-electron chi connectivity index (χ4n) is 1.96. The molecule has 0 bridgehead atoms. The predicted octanol–water partition coefficient (Wildman–Crippen LogP) is 1.10. The summed E-state index contributed by atoms with van der Waals surface area (Å²) in [5, 5.41) is 12.2. The van der Waals surface area contributed by atoms with E-state index in [1.165, 1.54) is 6.07 Å². The van der Waals surface area contributed by atoms with Crippen molar-refractivity contribution in [1.29, 1.82) is 0 Å². The minimum Gasteiger partial charge on any atom is -0.478 e.